The highest BCUT2D eigenvalue weighted by atomic mass is 35.5. The predicted octanol–water partition coefficient (Wildman–Crippen LogP) is 4.03. The summed E-state index contributed by atoms with van der Waals surface area (Å²) < 4.78 is 5.31. The molecule has 30 heavy (non-hydrogen) atoms. The first-order valence-electron chi connectivity index (χ1n) is 10.7. The standard InChI is InChI=1S/C24H27ClN2O3/c1-30-22-13-18(19(25)14-21(22)28)20-12-17-15-26(11-8-16-6-3-2-4-7-16)23(29)24(17)9-5-10-27(20)24/h2-4,6-7,13-14,17,20,28H,5,8-12,15H2,1H3/t17-,20-,24-/m0/s1. The summed E-state index contributed by atoms with van der Waals surface area (Å²) >= 11 is 6.53. The first-order chi connectivity index (χ1) is 14.5. The van der Waals surface area contributed by atoms with Crippen LogP contribution in [0.2, 0.25) is 5.02 Å². The molecule has 3 atom stereocenters. The first kappa shape index (κ1) is 19.7. The topological polar surface area (TPSA) is 53.0 Å². The second-order valence-electron chi connectivity index (χ2n) is 8.70. The van der Waals surface area contributed by atoms with E-state index in [1.54, 1.807) is 13.2 Å². The van der Waals surface area contributed by atoms with Gasteiger partial charge in [0.2, 0.25) is 5.91 Å². The molecule has 0 bridgehead atoms. The number of hydrogen-bond donors (Lipinski definition) is 1. The van der Waals surface area contributed by atoms with Crippen molar-refractivity contribution in [3.05, 3.63) is 58.6 Å². The number of nitrogens with zero attached hydrogens (tertiary/aromatic N) is 2. The summed E-state index contributed by atoms with van der Waals surface area (Å²) in [4.78, 5) is 18.1. The van der Waals surface area contributed by atoms with Gasteiger partial charge in [-0.2, -0.15) is 0 Å². The lowest BCUT2D eigenvalue weighted by molar-refractivity contribution is -0.136. The van der Waals surface area contributed by atoms with E-state index in [4.69, 9.17) is 16.3 Å². The van der Waals surface area contributed by atoms with Gasteiger partial charge in [-0.3, -0.25) is 9.69 Å². The van der Waals surface area contributed by atoms with Crippen molar-refractivity contribution in [2.45, 2.75) is 37.3 Å². The van der Waals surface area contributed by atoms with E-state index < -0.39 is 5.54 Å². The van der Waals surface area contributed by atoms with Gasteiger partial charge in [0.15, 0.2) is 11.5 Å². The maximum absolute atomic E-state index is 13.6. The highest BCUT2D eigenvalue weighted by molar-refractivity contribution is 6.31. The second-order valence-corrected chi connectivity index (χ2v) is 9.11. The van der Waals surface area contributed by atoms with Gasteiger partial charge in [0.05, 0.1) is 7.11 Å². The number of phenols is 1. The number of methoxy groups -OCH3 is 1. The van der Waals surface area contributed by atoms with Crippen LogP contribution in [0.15, 0.2) is 42.5 Å². The molecular weight excluding hydrogens is 400 g/mol. The molecule has 5 nitrogen and oxygen atoms in total. The van der Waals surface area contributed by atoms with Crippen LogP contribution < -0.4 is 4.74 Å². The third-order valence-electron chi connectivity index (χ3n) is 7.30. The second kappa shape index (κ2) is 7.47. The van der Waals surface area contributed by atoms with Crippen LogP contribution in [-0.2, 0) is 11.2 Å². The molecular formula is C24H27ClN2O3. The maximum Gasteiger partial charge on any atom is 0.243 e. The monoisotopic (exact) mass is 426 g/mol. The SMILES string of the molecule is COc1cc([C@@H]2C[C@H]3CN(CCc4ccccc4)C(=O)[C@]34CCCN24)c(Cl)cc1O. The number of carbonyl (C=O) groups excluding carboxylic acids is 1. The Labute approximate surface area is 182 Å². The van der Waals surface area contributed by atoms with Gasteiger partial charge in [-0.05, 0) is 49.4 Å². The molecule has 2 aromatic rings. The molecule has 1 spiro atoms. The van der Waals surface area contributed by atoms with Gasteiger partial charge in [-0.1, -0.05) is 41.9 Å². The molecule has 3 aliphatic heterocycles. The zero-order valence-electron chi connectivity index (χ0n) is 17.2. The van der Waals surface area contributed by atoms with Crippen LogP contribution in [0.1, 0.15) is 36.4 Å². The molecule has 0 radical (unpaired) electrons. The van der Waals surface area contributed by atoms with Crippen molar-refractivity contribution in [3.8, 4) is 11.5 Å². The minimum atomic E-state index is -0.393. The Kier molecular flexibility index (Phi) is 4.91. The highest BCUT2D eigenvalue weighted by Crippen LogP contribution is 2.57. The van der Waals surface area contributed by atoms with E-state index in [0.717, 1.165) is 50.9 Å². The molecule has 0 aliphatic carbocycles. The Morgan fingerprint density at radius 1 is 1.27 bits per heavy atom. The highest BCUT2D eigenvalue weighted by Gasteiger charge is 2.65. The van der Waals surface area contributed by atoms with E-state index in [0.29, 0.717) is 16.7 Å². The number of ether oxygens (including phenoxy) is 1. The molecule has 0 unspecified atom stereocenters. The number of hydrogen-bond acceptors (Lipinski definition) is 4. The molecule has 3 aliphatic rings. The van der Waals surface area contributed by atoms with E-state index >= 15 is 0 Å². The van der Waals surface area contributed by atoms with E-state index in [2.05, 4.69) is 21.9 Å². The van der Waals surface area contributed by atoms with Gasteiger partial charge in [-0.25, -0.2) is 0 Å². The molecule has 2 aromatic carbocycles. The van der Waals surface area contributed by atoms with Crippen LogP contribution in [0.3, 0.4) is 0 Å². The van der Waals surface area contributed by atoms with Crippen LogP contribution >= 0.6 is 11.6 Å². The van der Waals surface area contributed by atoms with Gasteiger partial charge in [0.25, 0.3) is 0 Å². The third kappa shape index (κ3) is 2.90. The zero-order valence-corrected chi connectivity index (χ0v) is 17.9. The fourth-order valence-corrected chi connectivity index (χ4v) is 6.24. The van der Waals surface area contributed by atoms with Crippen molar-refractivity contribution >= 4 is 17.5 Å². The Hall–Kier alpha value is -2.24. The van der Waals surface area contributed by atoms with Gasteiger partial charge in [-0.15, -0.1) is 0 Å². The number of benzene rings is 2. The molecule has 0 aromatic heterocycles. The quantitative estimate of drug-likeness (QED) is 0.784. The average Bonchev–Trinajstić information content (AvgIpc) is 3.38. The fourth-order valence-electron chi connectivity index (χ4n) is 5.95. The Morgan fingerprint density at radius 2 is 2.07 bits per heavy atom. The summed E-state index contributed by atoms with van der Waals surface area (Å²) in [5, 5.41) is 10.6. The van der Waals surface area contributed by atoms with Crippen LogP contribution in [-0.4, -0.2) is 53.1 Å². The van der Waals surface area contributed by atoms with E-state index in [1.807, 2.05) is 24.3 Å². The minimum Gasteiger partial charge on any atom is -0.504 e. The molecule has 6 heteroatoms. The summed E-state index contributed by atoms with van der Waals surface area (Å²) in [5.41, 5.74) is 1.82. The molecule has 3 fully saturated rings. The summed E-state index contributed by atoms with van der Waals surface area (Å²) in [6.07, 6.45) is 3.74. The number of amides is 1. The fraction of sp³-hybridized carbons (Fsp3) is 0.458. The van der Waals surface area contributed by atoms with Crippen molar-refractivity contribution in [1.82, 2.24) is 9.80 Å². The van der Waals surface area contributed by atoms with E-state index in [-0.39, 0.29) is 17.7 Å². The molecule has 1 N–H and O–H groups in total. The van der Waals surface area contributed by atoms with Crippen molar-refractivity contribution < 1.29 is 14.6 Å². The van der Waals surface area contributed by atoms with Crippen LogP contribution in [0.25, 0.3) is 0 Å². The Bertz CT molecular complexity index is 966. The van der Waals surface area contributed by atoms with Crippen LogP contribution in [0, 0.1) is 5.92 Å². The number of carbonyl (C=O) groups is 1. The molecule has 158 valence electrons. The van der Waals surface area contributed by atoms with Gasteiger partial charge < -0.3 is 14.7 Å². The van der Waals surface area contributed by atoms with Gasteiger partial charge in [0, 0.05) is 36.1 Å². The third-order valence-corrected chi connectivity index (χ3v) is 7.62. The zero-order chi connectivity index (χ0) is 20.9. The molecule has 3 saturated heterocycles. The lowest BCUT2D eigenvalue weighted by Crippen LogP contribution is -2.49. The summed E-state index contributed by atoms with van der Waals surface area (Å²) in [6.45, 7) is 2.48. The summed E-state index contributed by atoms with van der Waals surface area (Å²) in [7, 11) is 1.54. The number of phenolic OH excluding ortho intramolecular Hbond substituents is 1. The van der Waals surface area contributed by atoms with E-state index in [9.17, 15) is 9.90 Å². The Balaban J connectivity index is 1.40. The number of aromatic hydroxyl groups is 1. The first-order valence-corrected chi connectivity index (χ1v) is 11.1. The number of halogens is 1. The smallest absolute Gasteiger partial charge is 0.243 e. The molecule has 3 heterocycles. The van der Waals surface area contributed by atoms with Crippen LogP contribution in [0.4, 0.5) is 0 Å². The molecule has 1 amide bonds. The number of likely N-dealkylation sites (tertiary alicyclic amines) is 1. The maximum atomic E-state index is 13.6. The van der Waals surface area contributed by atoms with Crippen molar-refractivity contribution in [1.29, 1.82) is 0 Å². The summed E-state index contributed by atoms with van der Waals surface area (Å²) in [5.74, 6) is 1.06. The lowest BCUT2D eigenvalue weighted by atomic mass is 9.85. The summed E-state index contributed by atoms with van der Waals surface area (Å²) in [6, 6.07) is 13.8. The predicted molar refractivity (Wildman–Crippen MR) is 116 cm³/mol. The van der Waals surface area contributed by atoms with Crippen molar-refractivity contribution in [3.63, 3.8) is 0 Å². The number of rotatable bonds is 5. The van der Waals surface area contributed by atoms with Crippen LogP contribution in [0.5, 0.6) is 11.5 Å². The van der Waals surface area contributed by atoms with Gasteiger partial charge >= 0.3 is 0 Å². The lowest BCUT2D eigenvalue weighted by Gasteiger charge is -2.34. The minimum absolute atomic E-state index is 0.0451. The molecule has 5 rings (SSSR count). The average molecular weight is 427 g/mol. The Morgan fingerprint density at radius 3 is 2.83 bits per heavy atom. The van der Waals surface area contributed by atoms with Crippen molar-refractivity contribution in [2.75, 3.05) is 26.7 Å². The van der Waals surface area contributed by atoms with Gasteiger partial charge in [0.1, 0.15) is 5.54 Å². The van der Waals surface area contributed by atoms with E-state index in [1.165, 1.54) is 5.56 Å². The molecule has 0 saturated carbocycles. The normalized spacial score (nSPS) is 28.1. The van der Waals surface area contributed by atoms with Crippen molar-refractivity contribution in [2.24, 2.45) is 5.92 Å². The largest absolute Gasteiger partial charge is 0.504 e.